The lowest BCUT2D eigenvalue weighted by atomic mass is 10.0. The van der Waals surface area contributed by atoms with Gasteiger partial charge in [0.05, 0.1) is 17.8 Å². The number of nitrogens with one attached hydrogen (secondary N) is 2. The maximum absolute atomic E-state index is 12.1. The van der Waals surface area contributed by atoms with E-state index in [1.165, 1.54) is 0 Å². The highest BCUT2D eigenvalue weighted by Gasteiger charge is 2.22. The summed E-state index contributed by atoms with van der Waals surface area (Å²) in [5.74, 6) is -0.434. The van der Waals surface area contributed by atoms with E-state index in [1.54, 1.807) is 0 Å². The summed E-state index contributed by atoms with van der Waals surface area (Å²) in [7, 11) is 0. The molecular formula is C15H11IN2O2. The molecule has 0 aromatic heterocycles. The molecule has 0 bridgehead atoms. The van der Waals surface area contributed by atoms with Gasteiger partial charge in [0.25, 0.3) is 5.91 Å². The molecule has 1 aliphatic heterocycles. The van der Waals surface area contributed by atoms with E-state index in [2.05, 4.69) is 33.2 Å². The largest absolute Gasteiger partial charge is 0.343 e. The van der Waals surface area contributed by atoms with Gasteiger partial charge in [0.15, 0.2) is 0 Å². The highest BCUT2D eigenvalue weighted by molar-refractivity contribution is 14.1. The molecule has 0 radical (unpaired) electrons. The highest BCUT2D eigenvalue weighted by atomic mass is 127. The van der Waals surface area contributed by atoms with Crippen molar-refractivity contribution in [2.24, 2.45) is 0 Å². The number of hydrogen-bond acceptors (Lipinski definition) is 2. The summed E-state index contributed by atoms with van der Waals surface area (Å²) in [6.07, 6.45) is 0. The molecule has 2 aromatic rings. The van der Waals surface area contributed by atoms with Crippen molar-refractivity contribution in [2.45, 2.75) is 0 Å². The van der Waals surface area contributed by atoms with Crippen molar-refractivity contribution < 1.29 is 9.59 Å². The Bertz CT molecular complexity index is 699. The normalized spacial score (nSPS) is 14.1. The van der Waals surface area contributed by atoms with Gasteiger partial charge in [-0.1, -0.05) is 30.3 Å². The molecular weight excluding hydrogens is 367 g/mol. The number of anilines is 1. The Morgan fingerprint density at radius 1 is 1.00 bits per heavy atom. The lowest BCUT2D eigenvalue weighted by Gasteiger charge is -2.11. The molecule has 100 valence electrons. The second-order valence-electron chi connectivity index (χ2n) is 4.48. The van der Waals surface area contributed by atoms with E-state index in [4.69, 9.17) is 0 Å². The summed E-state index contributed by atoms with van der Waals surface area (Å²) >= 11 is 2.14. The minimum Gasteiger partial charge on any atom is -0.343 e. The third kappa shape index (κ3) is 2.40. The topological polar surface area (TPSA) is 58.2 Å². The average Bonchev–Trinajstić information content (AvgIpc) is 2.61. The highest BCUT2D eigenvalue weighted by Crippen LogP contribution is 2.31. The van der Waals surface area contributed by atoms with Crippen molar-refractivity contribution in [1.29, 1.82) is 0 Å². The van der Waals surface area contributed by atoms with Crippen molar-refractivity contribution in [3.8, 4) is 11.1 Å². The first-order valence-corrected chi connectivity index (χ1v) is 7.20. The number of rotatable bonds is 1. The third-order valence-corrected chi connectivity index (χ3v) is 3.97. The smallest absolute Gasteiger partial charge is 0.253 e. The predicted molar refractivity (Wildman–Crippen MR) is 85.6 cm³/mol. The van der Waals surface area contributed by atoms with Crippen LogP contribution in [0.3, 0.4) is 0 Å². The Hall–Kier alpha value is -1.89. The molecule has 0 aliphatic carbocycles. The van der Waals surface area contributed by atoms with E-state index in [9.17, 15) is 9.59 Å². The zero-order valence-corrected chi connectivity index (χ0v) is 12.6. The SMILES string of the molecule is O=C1CNC(=O)c2cc(-c3ccccc3)cc(I)c2N1. The van der Waals surface area contributed by atoms with Gasteiger partial charge in [-0.25, -0.2) is 0 Å². The minimum atomic E-state index is -0.228. The second kappa shape index (κ2) is 5.24. The van der Waals surface area contributed by atoms with Crippen molar-refractivity contribution >= 4 is 40.1 Å². The number of halogens is 1. The Morgan fingerprint density at radius 2 is 1.75 bits per heavy atom. The average molecular weight is 378 g/mol. The van der Waals surface area contributed by atoms with Gasteiger partial charge in [-0.15, -0.1) is 0 Å². The fourth-order valence-electron chi connectivity index (χ4n) is 2.15. The first kappa shape index (κ1) is 13.1. The van der Waals surface area contributed by atoms with Gasteiger partial charge in [0.1, 0.15) is 0 Å². The van der Waals surface area contributed by atoms with Crippen LogP contribution < -0.4 is 10.6 Å². The van der Waals surface area contributed by atoms with E-state index in [0.717, 1.165) is 14.7 Å². The first-order chi connectivity index (χ1) is 9.65. The summed E-state index contributed by atoms with van der Waals surface area (Å²) < 4.78 is 0.851. The van der Waals surface area contributed by atoms with Crippen molar-refractivity contribution in [1.82, 2.24) is 5.32 Å². The van der Waals surface area contributed by atoms with Crippen molar-refractivity contribution in [2.75, 3.05) is 11.9 Å². The zero-order chi connectivity index (χ0) is 14.1. The molecule has 0 fully saturated rings. The fraction of sp³-hybridized carbons (Fsp3) is 0.0667. The van der Waals surface area contributed by atoms with Crippen LogP contribution in [0.25, 0.3) is 11.1 Å². The summed E-state index contributed by atoms with van der Waals surface area (Å²) in [6.45, 7) is 0.00423. The molecule has 5 heteroatoms. The second-order valence-corrected chi connectivity index (χ2v) is 5.64. The van der Waals surface area contributed by atoms with Crippen LogP contribution in [0.4, 0.5) is 5.69 Å². The number of benzene rings is 2. The molecule has 1 aliphatic rings. The molecule has 2 amide bonds. The van der Waals surface area contributed by atoms with Crippen LogP contribution in [-0.4, -0.2) is 18.4 Å². The van der Waals surface area contributed by atoms with Gasteiger partial charge in [0, 0.05) is 3.57 Å². The van der Waals surface area contributed by atoms with Gasteiger partial charge < -0.3 is 10.6 Å². The fourth-order valence-corrected chi connectivity index (χ4v) is 2.91. The van der Waals surface area contributed by atoms with E-state index < -0.39 is 0 Å². The van der Waals surface area contributed by atoms with Crippen molar-refractivity contribution in [3.63, 3.8) is 0 Å². The standard InChI is InChI=1S/C15H11IN2O2/c16-12-7-10(9-4-2-1-3-5-9)6-11-14(12)18-13(19)8-17-15(11)20/h1-7H,8H2,(H,17,20)(H,18,19). The molecule has 3 rings (SSSR count). The van der Waals surface area contributed by atoms with Gasteiger partial charge >= 0.3 is 0 Å². The van der Waals surface area contributed by atoms with E-state index in [-0.39, 0.29) is 18.4 Å². The van der Waals surface area contributed by atoms with Gasteiger partial charge in [0.2, 0.25) is 5.91 Å². The van der Waals surface area contributed by atoms with Crippen LogP contribution in [0.15, 0.2) is 42.5 Å². The number of fused-ring (bicyclic) bond motifs is 1. The van der Waals surface area contributed by atoms with E-state index in [1.807, 2.05) is 42.5 Å². The van der Waals surface area contributed by atoms with Crippen LogP contribution >= 0.6 is 22.6 Å². The molecule has 0 unspecified atom stereocenters. The van der Waals surface area contributed by atoms with Crippen LogP contribution in [-0.2, 0) is 4.79 Å². The van der Waals surface area contributed by atoms with Gasteiger partial charge in [-0.05, 0) is 45.9 Å². The Kier molecular flexibility index (Phi) is 3.43. The number of hydrogen-bond donors (Lipinski definition) is 2. The molecule has 0 spiro atoms. The summed E-state index contributed by atoms with van der Waals surface area (Å²) in [5, 5.41) is 5.37. The third-order valence-electron chi connectivity index (χ3n) is 3.12. The summed E-state index contributed by atoms with van der Waals surface area (Å²) in [5.41, 5.74) is 3.09. The Balaban J connectivity index is 2.16. The predicted octanol–water partition coefficient (Wildman–Crippen LogP) is 2.64. The van der Waals surface area contributed by atoms with E-state index >= 15 is 0 Å². The summed E-state index contributed by atoms with van der Waals surface area (Å²) in [6, 6.07) is 13.6. The number of amides is 2. The Labute approximate surface area is 129 Å². The molecule has 4 nitrogen and oxygen atoms in total. The molecule has 0 saturated carbocycles. The van der Waals surface area contributed by atoms with Gasteiger partial charge in [-0.2, -0.15) is 0 Å². The lowest BCUT2D eigenvalue weighted by Crippen LogP contribution is -2.28. The molecule has 0 atom stereocenters. The maximum Gasteiger partial charge on any atom is 0.253 e. The zero-order valence-electron chi connectivity index (χ0n) is 10.4. The number of carbonyl (C=O) groups is 2. The minimum absolute atomic E-state index is 0.00423. The molecule has 2 aromatic carbocycles. The summed E-state index contributed by atoms with van der Waals surface area (Å²) in [4.78, 5) is 23.6. The molecule has 0 saturated heterocycles. The van der Waals surface area contributed by atoms with Crippen LogP contribution in [0, 0.1) is 3.57 Å². The monoisotopic (exact) mass is 378 g/mol. The first-order valence-electron chi connectivity index (χ1n) is 6.12. The van der Waals surface area contributed by atoms with Crippen LogP contribution in [0.5, 0.6) is 0 Å². The quantitative estimate of drug-likeness (QED) is 0.750. The maximum atomic E-state index is 12.1. The molecule has 20 heavy (non-hydrogen) atoms. The lowest BCUT2D eigenvalue weighted by molar-refractivity contribution is -0.115. The van der Waals surface area contributed by atoms with Gasteiger partial charge in [-0.3, -0.25) is 9.59 Å². The molecule has 2 N–H and O–H groups in total. The van der Waals surface area contributed by atoms with Crippen LogP contribution in [0.1, 0.15) is 10.4 Å². The number of carbonyl (C=O) groups excluding carboxylic acids is 2. The van der Waals surface area contributed by atoms with Crippen molar-refractivity contribution in [3.05, 3.63) is 51.6 Å². The Morgan fingerprint density at radius 3 is 2.50 bits per heavy atom. The molecule has 1 heterocycles. The van der Waals surface area contributed by atoms with Crippen LogP contribution in [0.2, 0.25) is 0 Å². The van der Waals surface area contributed by atoms with E-state index in [0.29, 0.717) is 11.3 Å².